The second-order valence-corrected chi connectivity index (χ2v) is 6.19. The Bertz CT molecular complexity index is 563. The lowest BCUT2D eigenvalue weighted by atomic mass is 10.3. The summed E-state index contributed by atoms with van der Waals surface area (Å²) in [6.45, 7) is 4.28. The van der Waals surface area contributed by atoms with E-state index in [0.29, 0.717) is 16.6 Å². The van der Waals surface area contributed by atoms with Gasteiger partial charge in [-0.2, -0.15) is 0 Å². The maximum atomic E-state index is 11.7. The molecule has 2 N–H and O–H groups in total. The number of likely N-dealkylation sites (N-methyl/N-ethyl adjacent to an activating group) is 1. The lowest BCUT2D eigenvalue weighted by Gasteiger charge is -2.21. The summed E-state index contributed by atoms with van der Waals surface area (Å²) in [4.78, 5) is 26.2. The van der Waals surface area contributed by atoms with Gasteiger partial charge in [-0.05, 0) is 38.0 Å². The number of urea groups is 1. The molecule has 1 heterocycles. The highest BCUT2D eigenvalue weighted by molar-refractivity contribution is 6.42. The molecule has 1 aromatic carbocycles. The first kappa shape index (κ1) is 20.4. The van der Waals surface area contributed by atoms with E-state index in [1.807, 2.05) is 11.8 Å². The van der Waals surface area contributed by atoms with Crippen molar-refractivity contribution in [3.05, 3.63) is 28.2 Å². The number of amides is 3. The highest BCUT2D eigenvalue weighted by Crippen LogP contribution is 2.25. The van der Waals surface area contributed by atoms with E-state index >= 15 is 0 Å². The van der Waals surface area contributed by atoms with Gasteiger partial charge in [0.25, 0.3) is 0 Å². The average Bonchev–Trinajstić information content (AvgIpc) is 3.06. The Hall–Kier alpha value is -1.66. The third-order valence-electron chi connectivity index (χ3n) is 3.41. The van der Waals surface area contributed by atoms with Crippen molar-refractivity contribution in [3.8, 4) is 5.75 Å². The monoisotopic (exact) mass is 375 g/mol. The number of phenolic OH excluding ortho intramolecular Hbond substituents is 1. The van der Waals surface area contributed by atoms with Gasteiger partial charge in [0.15, 0.2) is 0 Å². The summed E-state index contributed by atoms with van der Waals surface area (Å²) in [6.07, 6.45) is 2.16. The Balaban J connectivity index is 0.000000272. The van der Waals surface area contributed by atoms with Crippen LogP contribution in [-0.2, 0) is 4.79 Å². The van der Waals surface area contributed by atoms with Gasteiger partial charge in [0.1, 0.15) is 12.3 Å². The SMILES string of the molecule is CCNC(=O)N(C)CC(=O)N1CCCC1.Oc1ccc(Cl)c(Cl)c1. The third-order valence-corrected chi connectivity index (χ3v) is 4.15. The number of hydrogen-bond donors (Lipinski definition) is 2. The Labute approximate surface area is 152 Å². The van der Waals surface area contributed by atoms with Crippen molar-refractivity contribution < 1.29 is 14.7 Å². The molecule has 1 aliphatic rings. The normalized spacial score (nSPS) is 13.1. The first-order valence-electron chi connectivity index (χ1n) is 7.76. The number of nitrogens with zero attached hydrogens (tertiary/aromatic N) is 2. The fraction of sp³-hybridized carbons (Fsp3) is 0.500. The number of carbonyl (C=O) groups is 2. The minimum Gasteiger partial charge on any atom is -0.508 e. The summed E-state index contributed by atoms with van der Waals surface area (Å²) < 4.78 is 0. The van der Waals surface area contributed by atoms with Crippen molar-refractivity contribution in [1.82, 2.24) is 15.1 Å². The van der Waals surface area contributed by atoms with Crippen LogP contribution in [0.4, 0.5) is 4.79 Å². The topological polar surface area (TPSA) is 72.9 Å². The van der Waals surface area contributed by atoms with Crippen LogP contribution >= 0.6 is 23.2 Å². The van der Waals surface area contributed by atoms with Gasteiger partial charge in [-0.15, -0.1) is 0 Å². The van der Waals surface area contributed by atoms with Crippen LogP contribution < -0.4 is 5.32 Å². The molecule has 0 saturated carbocycles. The molecule has 1 aromatic rings. The molecule has 1 saturated heterocycles. The van der Waals surface area contributed by atoms with Gasteiger partial charge in [0, 0.05) is 26.7 Å². The standard InChI is InChI=1S/C10H19N3O2.C6H4Cl2O/c1-3-11-10(15)12(2)8-9(14)13-6-4-5-7-13;7-5-2-1-4(9)3-6(5)8/h3-8H2,1-2H3,(H,11,15);1-3,9H. The van der Waals surface area contributed by atoms with Gasteiger partial charge in [-0.25, -0.2) is 4.79 Å². The molecule has 1 fully saturated rings. The van der Waals surface area contributed by atoms with Crippen molar-refractivity contribution in [2.45, 2.75) is 19.8 Å². The highest BCUT2D eigenvalue weighted by Gasteiger charge is 2.20. The molecule has 0 atom stereocenters. The molecule has 0 aromatic heterocycles. The zero-order valence-corrected chi connectivity index (χ0v) is 15.4. The number of benzene rings is 1. The molecule has 2 rings (SSSR count). The van der Waals surface area contributed by atoms with Crippen LogP contribution in [0.5, 0.6) is 5.75 Å². The maximum Gasteiger partial charge on any atom is 0.317 e. The predicted octanol–water partition coefficient (Wildman–Crippen LogP) is 2.97. The summed E-state index contributed by atoms with van der Waals surface area (Å²) in [6, 6.07) is 4.22. The fourth-order valence-electron chi connectivity index (χ4n) is 2.11. The molecule has 3 amide bonds. The van der Waals surface area contributed by atoms with E-state index in [4.69, 9.17) is 28.3 Å². The molecular formula is C16H23Cl2N3O3. The van der Waals surface area contributed by atoms with Crippen molar-refractivity contribution >= 4 is 35.1 Å². The first-order valence-corrected chi connectivity index (χ1v) is 8.51. The van der Waals surface area contributed by atoms with E-state index in [0.717, 1.165) is 25.9 Å². The molecule has 24 heavy (non-hydrogen) atoms. The number of hydrogen-bond acceptors (Lipinski definition) is 3. The maximum absolute atomic E-state index is 11.7. The van der Waals surface area contributed by atoms with Crippen LogP contribution in [-0.4, -0.2) is 60.1 Å². The molecule has 6 nitrogen and oxygen atoms in total. The summed E-state index contributed by atoms with van der Waals surface area (Å²) >= 11 is 11.1. The number of halogens is 2. The number of aromatic hydroxyl groups is 1. The molecular weight excluding hydrogens is 353 g/mol. The van der Waals surface area contributed by atoms with Crippen LogP contribution in [0.3, 0.4) is 0 Å². The minimum absolute atomic E-state index is 0.0428. The Kier molecular flexibility index (Phi) is 8.71. The van der Waals surface area contributed by atoms with E-state index < -0.39 is 0 Å². The number of likely N-dealkylation sites (tertiary alicyclic amines) is 1. The van der Waals surface area contributed by atoms with Gasteiger partial charge in [-0.3, -0.25) is 4.79 Å². The number of phenols is 1. The second-order valence-electron chi connectivity index (χ2n) is 5.38. The van der Waals surface area contributed by atoms with E-state index in [1.165, 1.54) is 17.0 Å². The molecule has 0 aliphatic carbocycles. The molecule has 0 spiro atoms. The van der Waals surface area contributed by atoms with Gasteiger partial charge in [0.05, 0.1) is 10.0 Å². The zero-order chi connectivity index (χ0) is 18.1. The van der Waals surface area contributed by atoms with Gasteiger partial charge in [0.2, 0.25) is 5.91 Å². The summed E-state index contributed by atoms with van der Waals surface area (Å²) in [5, 5.41) is 12.3. The molecule has 1 aliphatic heterocycles. The first-order chi connectivity index (χ1) is 11.3. The van der Waals surface area contributed by atoms with Crippen LogP contribution in [0, 0.1) is 0 Å². The summed E-state index contributed by atoms with van der Waals surface area (Å²) in [5.74, 6) is 0.172. The summed E-state index contributed by atoms with van der Waals surface area (Å²) in [5.41, 5.74) is 0. The van der Waals surface area contributed by atoms with Crippen LogP contribution in [0.25, 0.3) is 0 Å². The Morgan fingerprint density at radius 3 is 2.38 bits per heavy atom. The lowest BCUT2D eigenvalue weighted by molar-refractivity contribution is -0.130. The average molecular weight is 376 g/mol. The number of carbonyl (C=O) groups excluding carboxylic acids is 2. The number of nitrogens with one attached hydrogen (secondary N) is 1. The quantitative estimate of drug-likeness (QED) is 0.852. The molecule has 8 heteroatoms. The van der Waals surface area contributed by atoms with Crippen LogP contribution in [0.1, 0.15) is 19.8 Å². The van der Waals surface area contributed by atoms with Gasteiger partial charge >= 0.3 is 6.03 Å². The lowest BCUT2D eigenvalue weighted by Crippen LogP contribution is -2.44. The molecule has 0 radical (unpaired) electrons. The van der Waals surface area contributed by atoms with Crippen molar-refractivity contribution in [2.75, 3.05) is 33.2 Å². The van der Waals surface area contributed by atoms with Crippen LogP contribution in [0.2, 0.25) is 10.0 Å². The molecule has 0 bridgehead atoms. The van der Waals surface area contributed by atoms with E-state index in [1.54, 1.807) is 13.1 Å². The molecule has 134 valence electrons. The molecule has 0 unspecified atom stereocenters. The summed E-state index contributed by atoms with van der Waals surface area (Å²) in [7, 11) is 1.64. The van der Waals surface area contributed by atoms with E-state index in [-0.39, 0.29) is 24.2 Å². The van der Waals surface area contributed by atoms with Gasteiger partial charge < -0.3 is 20.2 Å². The zero-order valence-electron chi connectivity index (χ0n) is 13.9. The van der Waals surface area contributed by atoms with Gasteiger partial charge in [-0.1, -0.05) is 23.2 Å². The number of rotatable bonds is 3. The Morgan fingerprint density at radius 1 is 1.25 bits per heavy atom. The smallest absolute Gasteiger partial charge is 0.317 e. The highest BCUT2D eigenvalue weighted by atomic mass is 35.5. The third kappa shape index (κ3) is 6.84. The fourth-order valence-corrected chi connectivity index (χ4v) is 2.40. The second kappa shape index (κ2) is 10.3. The van der Waals surface area contributed by atoms with Crippen molar-refractivity contribution in [1.29, 1.82) is 0 Å². The van der Waals surface area contributed by atoms with Crippen molar-refractivity contribution in [2.24, 2.45) is 0 Å². The van der Waals surface area contributed by atoms with E-state index in [2.05, 4.69) is 5.32 Å². The largest absolute Gasteiger partial charge is 0.508 e. The van der Waals surface area contributed by atoms with Crippen molar-refractivity contribution in [3.63, 3.8) is 0 Å². The van der Waals surface area contributed by atoms with Crippen LogP contribution in [0.15, 0.2) is 18.2 Å². The Morgan fingerprint density at radius 2 is 1.88 bits per heavy atom. The minimum atomic E-state index is -0.190. The van der Waals surface area contributed by atoms with E-state index in [9.17, 15) is 9.59 Å². The predicted molar refractivity (Wildman–Crippen MR) is 95.6 cm³/mol.